The molecular formula is C19H22N5O3+. The van der Waals surface area contributed by atoms with Gasteiger partial charge in [0, 0.05) is 12.4 Å². The number of rotatable bonds is 4. The molecule has 0 radical (unpaired) electrons. The van der Waals surface area contributed by atoms with Gasteiger partial charge in [-0.3, -0.25) is 9.59 Å². The minimum atomic E-state index is -0.321. The van der Waals surface area contributed by atoms with Gasteiger partial charge in [0.2, 0.25) is 11.9 Å². The van der Waals surface area contributed by atoms with Gasteiger partial charge in [-0.05, 0) is 30.3 Å². The molecule has 0 bridgehead atoms. The Kier molecular flexibility index (Phi) is 4.72. The summed E-state index contributed by atoms with van der Waals surface area (Å²) in [6.07, 6.45) is 3.71. The fourth-order valence-corrected chi connectivity index (χ4v) is 3.75. The molecule has 2 aliphatic heterocycles. The standard InChI is InChI=1S/C19H21N5O3/c1-27-15-5-3-14(4-6-15)24-17(25)13-16(18(24)26)22-9-11-23(12-10-22)19-20-7-2-8-21-19/h2-8,16H,9-13H2,1H3/p+1/t16-/m1/s1. The first-order valence-corrected chi connectivity index (χ1v) is 9.05. The molecule has 2 aromatic rings. The van der Waals surface area contributed by atoms with Gasteiger partial charge in [-0.25, -0.2) is 14.9 Å². The van der Waals surface area contributed by atoms with E-state index in [-0.39, 0.29) is 24.3 Å². The Balaban J connectivity index is 1.43. The number of nitrogens with one attached hydrogen (secondary N) is 1. The molecule has 0 aliphatic carbocycles. The average molecular weight is 368 g/mol. The van der Waals surface area contributed by atoms with Gasteiger partial charge >= 0.3 is 0 Å². The summed E-state index contributed by atoms with van der Waals surface area (Å²) in [5, 5.41) is 0. The first-order chi connectivity index (χ1) is 13.2. The quantitative estimate of drug-likeness (QED) is 0.735. The molecule has 2 amide bonds. The van der Waals surface area contributed by atoms with Crippen LogP contribution in [0.3, 0.4) is 0 Å². The smallest absolute Gasteiger partial charge is 0.292 e. The summed E-state index contributed by atoms with van der Waals surface area (Å²) in [7, 11) is 1.58. The van der Waals surface area contributed by atoms with Crippen LogP contribution in [0.2, 0.25) is 0 Å². The van der Waals surface area contributed by atoms with Crippen molar-refractivity contribution in [2.24, 2.45) is 0 Å². The number of methoxy groups -OCH3 is 1. The molecule has 27 heavy (non-hydrogen) atoms. The zero-order valence-corrected chi connectivity index (χ0v) is 15.2. The summed E-state index contributed by atoms with van der Waals surface area (Å²) in [6, 6.07) is 8.48. The highest BCUT2D eigenvalue weighted by molar-refractivity contribution is 6.21. The third-order valence-electron chi connectivity index (χ3n) is 5.21. The summed E-state index contributed by atoms with van der Waals surface area (Å²) >= 11 is 0. The minimum absolute atomic E-state index is 0.121. The molecule has 1 N–H and O–H groups in total. The Morgan fingerprint density at radius 2 is 1.74 bits per heavy atom. The van der Waals surface area contributed by atoms with Crippen LogP contribution < -0.4 is 19.4 Å². The molecule has 1 aromatic carbocycles. The Morgan fingerprint density at radius 1 is 1.07 bits per heavy atom. The van der Waals surface area contributed by atoms with Crippen LogP contribution in [0.15, 0.2) is 42.7 Å². The molecule has 2 saturated heterocycles. The van der Waals surface area contributed by atoms with Crippen molar-refractivity contribution in [3.05, 3.63) is 42.7 Å². The fourth-order valence-electron chi connectivity index (χ4n) is 3.75. The topological polar surface area (TPSA) is 80.1 Å². The van der Waals surface area contributed by atoms with Crippen LogP contribution in [0.4, 0.5) is 11.6 Å². The third kappa shape index (κ3) is 3.35. The fraction of sp³-hybridized carbons (Fsp3) is 0.368. The predicted molar refractivity (Wildman–Crippen MR) is 98.8 cm³/mol. The number of hydrogen-bond donors (Lipinski definition) is 1. The number of nitrogens with zero attached hydrogens (tertiary/aromatic N) is 4. The average Bonchev–Trinajstić information content (AvgIpc) is 3.03. The molecule has 1 atom stereocenters. The van der Waals surface area contributed by atoms with E-state index in [4.69, 9.17) is 4.74 Å². The van der Waals surface area contributed by atoms with E-state index in [0.717, 1.165) is 31.1 Å². The minimum Gasteiger partial charge on any atom is -0.497 e. The van der Waals surface area contributed by atoms with Crippen LogP contribution in [-0.2, 0) is 9.59 Å². The van der Waals surface area contributed by atoms with Crippen molar-refractivity contribution in [1.82, 2.24) is 9.97 Å². The first-order valence-electron chi connectivity index (χ1n) is 9.05. The molecule has 8 heteroatoms. The largest absolute Gasteiger partial charge is 0.497 e. The SMILES string of the molecule is COc1ccc(N2C(=O)C[C@@H]([NH+]3CCN(c4ncccn4)CC3)C2=O)cc1. The van der Waals surface area contributed by atoms with Gasteiger partial charge in [0.15, 0.2) is 6.04 Å². The maximum absolute atomic E-state index is 12.9. The van der Waals surface area contributed by atoms with Crippen molar-refractivity contribution < 1.29 is 19.2 Å². The lowest BCUT2D eigenvalue weighted by atomic mass is 10.2. The summed E-state index contributed by atoms with van der Waals surface area (Å²) in [5.41, 5.74) is 0.601. The molecule has 0 spiro atoms. The van der Waals surface area contributed by atoms with E-state index < -0.39 is 0 Å². The highest BCUT2D eigenvalue weighted by atomic mass is 16.5. The zero-order chi connectivity index (χ0) is 18.8. The van der Waals surface area contributed by atoms with E-state index in [1.807, 2.05) is 0 Å². The highest BCUT2D eigenvalue weighted by Gasteiger charge is 2.46. The van der Waals surface area contributed by atoms with Gasteiger partial charge in [-0.1, -0.05) is 0 Å². The van der Waals surface area contributed by atoms with E-state index in [9.17, 15) is 9.59 Å². The Morgan fingerprint density at radius 3 is 2.37 bits per heavy atom. The van der Waals surface area contributed by atoms with Crippen molar-refractivity contribution in [1.29, 1.82) is 0 Å². The maximum atomic E-state index is 12.9. The van der Waals surface area contributed by atoms with Gasteiger partial charge in [-0.15, -0.1) is 0 Å². The van der Waals surface area contributed by atoms with Crippen LogP contribution in [0.1, 0.15) is 6.42 Å². The normalized spacial score (nSPS) is 21.0. The second kappa shape index (κ2) is 7.32. The van der Waals surface area contributed by atoms with Crippen molar-refractivity contribution in [2.45, 2.75) is 12.5 Å². The number of anilines is 2. The van der Waals surface area contributed by atoms with Crippen LogP contribution in [0.25, 0.3) is 0 Å². The summed E-state index contributed by atoms with van der Waals surface area (Å²) in [5.74, 6) is 1.14. The molecule has 1 aromatic heterocycles. The molecule has 0 saturated carbocycles. The maximum Gasteiger partial charge on any atom is 0.292 e. The van der Waals surface area contributed by atoms with Crippen molar-refractivity contribution in [3.8, 4) is 5.75 Å². The zero-order valence-electron chi connectivity index (χ0n) is 15.2. The van der Waals surface area contributed by atoms with Crippen LogP contribution >= 0.6 is 0 Å². The van der Waals surface area contributed by atoms with Crippen LogP contribution in [0.5, 0.6) is 5.75 Å². The lowest BCUT2D eigenvalue weighted by Gasteiger charge is -2.34. The molecule has 4 rings (SSSR count). The summed E-state index contributed by atoms with van der Waals surface area (Å²) < 4.78 is 5.14. The van der Waals surface area contributed by atoms with Crippen molar-refractivity contribution in [2.75, 3.05) is 43.1 Å². The number of carbonyl (C=O) groups excluding carboxylic acids is 2. The van der Waals surface area contributed by atoms with E-state index in [1.54, 1.807) is 49.8 Å². The number of benzene rings is 1. The lowest BCUT2D eigenvalue weighted by molar-refractivity contribution is -0.915. The van der Waals surface area contributed by atoms with Crippen LogP contribution in [0, 0.1) is 0 Å². The lowest BCUT2D eigenvalue weighted by Crippen LogP contribution is -3.19. The number of quaternary nitrogens is 1. The number of imide groups is 1. The molecule has 2 aliphatic rings. The van der Waals surface area contributed by atoms with Gasteiger partial charge in [0.25, 0.3) is 5.91 Å². The number of hydrogen-bond acceptors (Lipinski definition) is 6. The summed E-state index contributed by atoms with van der Waals surface area (Å²) in [4.78, 5) is 38.6. The molecule has 3 heterocycles. The molecule has 0 unspecified atom stereocenters. The highest BCUT2D eigenvalue weighted by Crippen LogP contribution is 2.24. The van der Waals surface area contributed by atoms with Gasteiger partial charge in [0.1, 0.15) is 5.75 Å². The van der Waals surface area contributed by atoms with E-state index in [2.05, 4.69) is 14.9 Å². The molecule has 8 nitrogen and oxygen atoms in total. The van der Waals surface area contributed by atoms with Crippen molar-refractivity contribution >= 4 is 23.5 Å². The number of piperazine rings is 1. The second-order valence-corrected chi connectivity index (χ2v) is 6.72. The number of carbonyl (C=O) groups is 2. The van der Waals surface area contributed by atoms with Gasteiger partial charge in [0.05, 0.1) is 45.4 Å². The van der Waals surface area contributed by atoms with E-state index in [1.165, 1.54) is 4.90 Å². The monoisotopic (exact) mass is 368 g/mol. The van der Waals surface area contributed by atoms with E-state index >= 15 is 0 Å². The third-order valence-corrected chi connectivity index (χ3v) is 5.21. The van der Waals surface area contributed by atoms with Gasteiger partial charge < -0.3 is 14.5 Å². The van der Waals surface area contributed by atoms with Crippen LogP contribution in [-0.4, -0.2) is 61.1 Å². The second-order valence-electron chi connectivity index (χ2n) is 6.72. The molecule has 140 valence electrons. The Hall–Kier alpha value is -3.00. The molecule has 2 fully saturated rings. The Labute approximate surface area is 157 Å². The number of amides is 2. The van der Waals surface area contributed by atoms with E-state index in [0.29, 0.717) is 17.4 Å². The van der Waals surface area contributed by atoms with Gasteiger partial charge in [-0.2, -0.15) is 0 Å². The van der Waals surface area contributed by atoms with Crippen molar-refractivity contribution in [3.63, 3.8) is 0 Å². The number of ether oxygens (including phenoxy) is 1. The Bertz CT molecular complexity index is 819. The summed E-state index contributed by atoms with van der Waals surface area (Å²) in [6.45, 7) is 3.08. The number of aromatic nitrogens is 2. The molecular weight excluding hydrogens is 346 g/mol. The predicted octanol–water partition coefficient (Wildman–Crippen LogP) is -0.478. The first kappa shape index (κ1) is 17.4.